The van der Waals surface area contributed by atoms with Gasteiger partial charge in [0.25, 0.3) is 0 Å². The van der Waals surface area contributed by atoms with Crippen molar-refractivity contribution in [1.82, 2.24) is 0 Å². The molecule has 108 valence electrons. The van der Waals surface area contributed by atoms with E-state index >= 15 is 0 Å². The van der Waals surface area contributed by atoms with Crippen molar-refractivity contribution in [2.75, 3.05) is 0 Å². The maximum Gasteiger partial charge on any atom is 0.233 e. The molecule has 1 heterocycles. The Balaban J connectivity index is 2.09. The summed E-state index contributed by atoms with van der Waals surface area (Å²) in [5.74, 6) is 1.08. The SMILES string of the molecule is [C-]#[N+]c1cc(O)cc2c3c(oc12)-c1ccc(O)cc1CCC3. The van der Waals surface area contributed by atoms with E-state index in [9.17, 15) is 10.2 Å². The van der Waals surface area contributed by atoms with Gasteiger partial charge in [0.1, 0.15) is 22.8 Å². The van der Waals surface area contributed by atoms with Crippen LogP contribution in [0.5, 0.6) is 11.5 Å². The Morgan fingerprint density at radius 3 is 2.73 bits per heavy atom. The van der Waals surface area contributed by atoms with Crippen molar-refractivity contribution in [3.05, 3.63) is 52.9 Å². The van der Waals surface area contributed by atoms with Gasteiger partial charge in [0, 0.05) is 16.5 Å². The van der Waals surface area contributed by atoms with Crippen molar-refractivity contribution in [3.63, 3.8) is 0 Å². The van der Waals surface area contributed by atoms with Crippen molar-refractivity contribution in [2.24, 2.45) is 0 Å². The molecule has 3 aromatic rings. The summed E-state index contributed by atoms with van der Waals surface area (Å²) in [4.78, 5) is 3.45. The quantitative estimate of drug-likeness (QED) is 0.597. The van der Waals surface area contributed by atoms with Crippen LogP contribution in [0.25, 0.3) is 27.1 Å². The molecule has 0 saturated carbocycles. The van der Waals surface area contributed by atoms with Crippen LogP contribution in [-0.2, 0) is 12.8 Å². The second-order valence-electron chi connectivity index (χ2n) is 5.56. The van der Waals surface area contributed by atoms with Crippen molar-refractivity contribution >= 4 is 16.7 Å². The van der Waals surface area contributed by atoms with E-state index in [2.05, 4.69) is 4.85 Å². The maximum atomic E-state index is 9.85. The van der Waals surface area contributed by atoms with Gasteiger partial charge in [-0.25, -0.2) is 4.85 Å². The van der Waals surface area contributed by atoms with Gasteiger partial charge in [0.05, 0.1) is 6.57 Å². The van der Waals surface area contributed by atoms with Gasteiger partial charge in [-0.2, -0.15) is 0 Å². The van der Waals surface area contributed by atoms with Crippen LogP contribution in [0.4, 0.5) is 5.69 Å². The van der Waals surface area contributed by atoms with Crippen LogP contribution in [0.3, 0.4) is 0 Å². The number of aryl methyl sites for hydroxylation is 2. The van der Waals surface area contributed by atoms with Gasteiger partial charge in [-0.3, -0.25) is 0 Å². The first-order chi connectivity index (χ1) is 10.7. The molecule has 2 aromatic carbocycles. The zero-order chi connectivity index (χ0) is 15.3. The van der Waals surface area contributed by atoms with E-state index < -0.39 is 0 Å². The second-order valence-corrected chi connectivity index (χ2v) is 5.56. The van der Waals surface area contributed by atoms with E-state index in [1.54, 1.807) is 18.2 Å². The minimum atomic E-state index is 0.0808. The molecule has 0 aliphatic heterocycles. The van der Waals surface area contributed by atoms with E-state index in [0.717, 1.165) is 47.1 Å². The molecule has 0 spiro atoms. The molecule has 4 rings (SSSR count). The fraction of sp³-hybridized carbons (Fsp3) is 0.167. The van der Waals surface area contributed by atoms with E-state index in [4.69, 9.17) is 11.0 Å². The van der Waals surface area contributed by atoms with Gasteiger partial charge < -0.3 is 14.6 Å². The Hall–Kier alpha value is -2.93. The molecule has 2 N–H and O–H groups in total. The average molecular weight is 291 g/mol. The van der Waals surface area contributed by atoms with Crippen LogP contribution in [0, 0.1) is 6.57 Å². The smallest absolute Gasteiger partial charge is 0.233 e. The predicted octanol–water partition coefficient (Wildman–Crippen LogP) is 4.55. The molecule has 0 bridgehead atoms. The summed E-state index contributed by atoms with van der Waals surface area (Å²) in [5.41, 5.74) is 3.88. The van der Waals surface area contributed by atoms with E-state index in [0.29, 0.717) is 11.3 Å². The number of phenolic OH excluding ortho intramolecular Hbond substituents is 2. The molecule has 1 aliphatic rings. The van der Waals surface area contributed by atoms with Gasteiger partial charge in [-0.15, -0.1) is 0 Å². The lowest BCUT2D eigenvalue weighted by molar-refractivity contribution is 0.474. The third kappa shape index (κ3) is 1.76. The molecule has 4 heteroatoms. The van der Waals surface area contributed by atoms with Crippen molar-refractivity contribution in [3.8, 4) is 22.8 Å². The van der Waals surface area contributed by atoms with Crippen molar-refractivity contribution in [2.45, 2.75) is 19.3 Å². The molecular weight excluding hydrogens is 278 g/mol. The first kappa shape index (κ1) is 12.8. The summed E-state index contributed by atoms with van der Waals surface area (Å²) in [7, 11) is 0. The Morgan fingerprint density at radius 2 is 1.91 bits per heavy atom. The van der Waals surface area contributed by atoms with E-state index in [1.165, 1.54) is 6.07 Å². The van der Waals surface area contributed by atoms with E-state index in [1.807, 2.05) is 6.07 Å². The number of furan rings is 1. The van der Waals surface area contributed by atoms with Gasteiger partial charge in [0.15, 0.2) is 0 Å². The van der Waals surface area contributed by atoms with Crippen molar-refractivity contribution < 1.29 is 14.6 Å². The molecular formula is C18H13NO3. The topological polar surface area (TPSA) is 58.0 Å². The molecule has 1 aliphatic carbocycles. The molecule has 22 heavy (non-hydrogen) atoms. The Labute approximate surface area is 127 Å². The number of benzene rings is 2. The number of rotatable bonds is 0. The summed E-state index contributed by atoms with van der Waals surface area (Å²) in [5, 5.41) is 20.3. The standard InChI is InChI=1S/C18H13NO3/c1-19-16-9-12(21)8-15-14-4-2-3-10-7-11(20)5-6-13(10)17(14)22-18(15)16/h5-9,20-21H,2-4H2. The Bertz CT molecular complexity index is 947. The number of fused-ring (bicyclic) bond motifs is 5. The third-order valence-electron chi connectivity index (χ3n) is 4.18. The first-order valence-corrected chi connectivity index (χ1v) is 7.15. The van der Waals surface area contributed by atoms with Crippen molar-refractivity contribution in [1.29, 1.82) is 0 Å². The molecule has 4 nitrogen and oxygen atoms in total. The highest BCUT2D eigenvalue weighted by atomic mass is 16.3. The third-order valence-corrected chi connectivity index (χ3v) is 4.18. The van der Waals surface area contributed by atoms with Gasteiger partial charge >= 0.3 is 0 Å². The number of hydrogen-bond acceptors (Lipinski definition) is 3. The summed E-state index contributed by atoms with van der Waals surface area (Å²) < 4.78 is 6.01. The number of nitrogens with zero attached hydrogens (tertiary/aromatic N) is 1. The average Bonchev–Trinajstić information content (AvgIpc) is 2.75. The largest absolute Gasteiger partial charge is 0.509 e. The summed E-state index contributed by atoms with van der Waals surface area (Å²) >= 11 is 0. The zero-order valence-electron chi connectivity index (χ0n) is 11.8. The summed E-state index contributed by atoms with van der Waals surface area (Å²) in [6, 6.07) is 8.36. The summed E-state index contributed by atoms with van der Waals surface area (Å²) in [6.07, 6.45) is 2.61. The lowest BCUT2D eigenvalue weighted by atomic mass is 10.0. The molecule has 0 radical (unpaired) electrons. The lowest BCUT2D eigenvalue weighted by Gasteiger charge is -2.05. The minimum absolute atomic E-state index is 0.0808. The number of phenols is 2. The van der Waals surface area contributed by atoms with Crippen LogP contribution in [0.1, 0.15) is 17.5 Å². The second kappa shape index (κ2) is 4.54. The molecule has 0 atom stereocenters. The van der Waals surface area contributed by atoms with Crippen LogP contribution < -0.4 is 0 Å². The Morgan fingerprint density at radius 1 is 1.05 bits per heavy atom. The lowest BCUT2D eigenvalue weighted by Crippen LogP contribution is -1.86. The zero-order valence-corrected chi connectivity index (χ0v) is 11.8. The van der Waals surface area contributed by atoms with Crippen LogP contribution >= 0.6 is 0 Å². The van der Waals surface area contributed by atoms with Crippen LogP contribution in [0.2, 0.25) is 0 Å². The monoisotopic (exact) mass is 291 g/mol. The highest BCUT2D eigenvalue weighted by Crippen LogP contribution is 2.44. The molecule has 0 saturated heterocycles. The molecule has 0 amide bonds. The highest BCUT2D eigenvalue weighted by Gasteiger charge is 2.23. The molecule has 0 unspecified atom stereocenters. The van der Waals surface area contributed by atoms with Crippen LogP contribution in [0.15, 0.2) is 34.7 Å². The minimum Gasteiger partial charge on any atom is -0.509 e. The normalized spacial score (nSPS) is 13.2. The highest BCUT2D eigenvalue weighted by molar-refractivity contribution is 5.97. The number of aromatic hydroxyl groups is 2. The first-order valence-electron chi connectivity index (χ1n) is 7.15. The predicted molar refractivity (Wildman–Crippen MR) is 83.3 cm³/mol. The van der Waals surface area contributed by atoms with Gasteiger partial charge in [-0.05, 0) is 55.2 Å². The summed E-state index contributed by atoms with van der Waals surface area (Å²) in [6.45, 7) is 7.27. The van der Waals surface area contributed by atoms with Gasteiger partial charge in [-0.1, -0.05) is 0 Å². The van der Waals surface area contributed by atoms with E-state index in [-0.39, 0.29) is 11.5 Å². The molecule has 1 aromatic heterocycles. The maximum absolute atomic E-state index is 9.85. The van der Waals surface area contributed by atoms with Crippen LogP contribution in [-0.4, -0.2) is 10.2 Å². The fourth-order valence-corrected chi connectivity index (χ4v) is 3.23. The molecule has 0 fully saturated rings. The van der Waals surface area contributed by atoms with Gasteiger partial charge in [0.2, 0.25) is 5.69 Å². The number of hydrogen-bond donors (Lipinski definition) is 2. The Kier molecular flexibility index (Phi) is 2.64. The fourth-order valence-electron chi connectivity index (χ4n) is 3.23.